The van der Waals surface area contributed by atoms with Crippen molar-refractivity contribution in [3.8, 4) is 0 Å². The van der Waals surface area contributed by atoms with Gasteiger partial charge in [0.25, 0.3) is 0 Å². The SMILES string of the molecule is CC1CCN(C(=O)C2CC3CCC2N3)C(C(=O)O)C1. The van der Waals surface area contributed by atoms with Crippen LogP contribution in [0.2, 0.25) is 0 Å². The first-order valence-corrected chi connectivity index (χ1v) is 7.35. The number of carbonyl (C=O) groups is 2. The second-order valence-corrected chi connectivity index (χ2v) is 6.40. The van der Waals surface area contributed by atoms with E-state index in [-0.39, 0.29) is 17.9 Å². The lowest BCUT2D eigenvalue weighted by Gasteiger charge is -2.38. The van der Waals surface area contributed by atoms with E-state index in [0.29, 0.717) is 24.9 Å². The van der Waals surface area contributed by atoms with Gasteiger partial charge in [0, 0.05) is 18.6 Å². The Morgan fingerprint density at radius 2 is 2.00 bits per heavy atom. The molecule has 0 saturated carbocycles. The maximum atomic E-state index is 12.6. The molecule has 2 bridgehead atoms. The van der Waals surface area contributed by atoms with Gasteiger partial charge in [0.1, 0.15) is 6.04 Å². The Hall–Kier alpha value is -1.10. The van der Waals surface area contributed by atoms with E-state index in [4.69, 9.17) is 0 Å². The molecular formula is C14H22N2O3. The van der Waals surface area contributed by atoms with E-state index in [1.165, 1.54) is 0 Å². The third-order valence-electron chi connectivity index (χ3n) is 5.05. The molecule has 3 saturated heterocycles. The minimum Gasteiger partial charge on any atom is -0.480 e. The average Bonchev–Trinajstić information content (AvgIpc) is 3.00. The summed E-state index contributed by atoms with van der Waals surface area (Å²) < 4.78 is 0. The second kappa shape index (κ2) is 4.78. The number of likely N-dealkylation sites (tertiary alicyclic amines) is 1. The lowest BCUT2D eigenvalue weighted by atomic mass is 9.85. The van der Waals surface area contributed by atoms with Crippen LogP contribution in [-0.2, 0) is 9.59 Å². The molecule has 0 aliphatic carbocycles. The Kier molecular flexibility index (Phi) is 3.25. The molecule has 0 aromatic carbocycles. The summed E-state index contributed by atoms with van der Waals surface area (Å²) in [6, 6.07) is 0.146. The fourth-order valence-corrected chi connectivity index (χ4v) is 3.95. The number of hydrogen-bond acceptors (Lipinski definition) is 3. The first-order chi connectivity index (χ1) is 9.06. The fourth-order valence-electron chi connectivity index (χ4n) is 3.95. The molecule has 5 atom stereocenters. The van der Waals surface area contributed by atoms with Gasteiger partial charge in [0.15, 0.2) is 0 Å². The third kappa shape index (κ3) is 2.24. The van der Waals surface area contributed by atoms with Crippen LogP contribution in [-0.4, -0.2) is 46.6 Å². The minimum atomic E-state index is -0.851. The van der Waals surface area contributed by atoms with Crippen molar-refractivity contribution in [2.24, 2.45) is 11.8 Å². The van der Waals surface area contributed by atoms with Crippen LogP contribution in [0.3, 0.4) is 0 Å². The number of carboxylic acid groups (broad SMARTS) is 1. The Morgan fingerprint density at radius 1 is 1.21 bits per heavy atom. The van der Waals surface area contributed by atoms with Gasteiger partial charge in [-0.25, -0.2) is 4.79 Å². The molecule has 0 radical (unpaired) electrons. The molecule has 2 N–H and O–H groups in total. The number of hydrogen-bond donors (Lipinski definition) is 2. The summed E-state index contributed by atoms with van der Waals surface area (Å²) in [4.78, 5) is 25.6. The summed E-state index contributed by atoms with van der Waals surface area (Å²) in [5, 5.41) is 12.8. The summed E-state index contributed by atoms with van der Waals surface area (Å²) in [6.45, 7) is 2.67. The largest absolute Gasteiger partial charge is 0.480 e. The number of fused-ring (bicyclic) bond motifs is 2. The Morgan fingerprint density at radius 3 is 2.58 bits per heavy atom. The molecule has 0 spiro atoms. The van der Waals surface area contributed by atoms with Gasteiger partial charge in [-0.2, -0.15) is 0 Å². The topological polar surface area (TPSA) is 69.6 Å². The zero-order valence-electron chi connectivity index (χ0n) is 11.3. The van der Waals surface area contributed by atoms with Crippen LogP contribution in [0, 0.1) is 11.8 Å². The highest BCUT2D eigenvalue weighted by molar-refractivity contribution is 5.86. The van der Waals surface area contributed by atoms with Crippen molar-refractivity contribution in [1.82, 2.24) is 10.2 Å². The zero-order valence-corrected chi connectivity index (χ0v) is 11.3. The molecule has 19 heavy (non-hydrogen) atoms. The molecule has 3 aliphatic rings. The highest BCUT2D eigenvalue weighted by Gasteiger charge is 2.46. The second-order valence-electron chi connectivity index (χ2n) is 6.40. The highest BCUT2D eigenvalue weighted by atomic mass is 16.4. The van der Waals surface area contributed by atoms with E-state index >= 15 is 0 Å². The number of piperidine rings is 1. The molecule has 106 valence electrons. The molecule has 0 aromatic heterocycles. The number of amides is 1. The fraction of sp³-hybridized carbons (Fsp3) is 0.857. The van der Waals surface area contributed by atoms with Gasteiger partial charge in [-0.1, -0.05) is 6.92 Å². The van der Waals surface area contributed by atoms with Crippen LogP contribution in [0.15, 0.2) is 0 Å². The van der Waals surface area contributed by atoms with Crippen molar-refractivity contribution in [1.29, 1.82) is 0 Å². The molecule has 0 aromatic rings. The molecular weight excluding hydrogens is 244 g/mol. The quantitative estimate of drug-likeness (QED) is 0.777. The molecule has 3 rings (SSSR count). The number of rotatable bonds is 2. The Balaban J connectivity index is 1.73. The third-order valence-corrected chi connectivity index (χ3v) is 5.05. The average molecular weight is 266 g/mol. The number of carbonyl (C=O) groups excluding carboxylic acids is 1. The van der Waals surface area contributed by atoms with Crippen LogP contribution >= 0.6 is 0 Å². The molecule has 5 heteroatoms. The first-order valence-electron chi connectivity index (χ1n) is 7.35. The maximum absolute atomic E-state index is 12.6. The zero-order chi connectivity index (χ0) is 13.6. The van der Waals surface area contributed by atoms with Crippen molar-refractivity contribution < 1.29 is 14.7 Å². The van der Waals surface area contributed by atoms with E-state index < -0.39 is 12.0 Å². The smallest absolute Gasteiger partial charge is 0.326 e. The van der Waals surface area contributed by atoms with Gasteiger partial charge < -0.3 is 15.3 Å². The summed E-state index contributed by atoms with van der Waals surface area (Å²) in [7, 11) is 0. The number of carboxylic acids is 1. The van der Waals surface area contributed by atoms with E-state index in [2.05, 4.69) is 12.2 Å². The van der Waals surface area contributed by atoms with Gasteiger partial charge in [-0.15, -0.1) is 0 Å². The lowest BCUT2D eigenvalue weighted by molar-refractivity contribution is -0.155. The van der Waals surface area contributed by atoms with Crippen molar-refractivity contribution in [3.63, 3.8) is 0 Å². The normalized spacial score (nSPS) is 41.5. The van der Waals surface area contributed by atoms with Crippen LogP contribution in [0.1, 0.15) is 39.0 Å². The monoisotopic (exact) mass is 266 g/mol. The predicted octanol–water partition coefficient (Wildman–Crippen LogP) is 0.839. The van der Waals surface area contributed by atoms with Crippen molar-refractivity contribution in [2.45, 2.75) is 57.2 Å². The van der Waals surface area contributed by atoms with Crippen molar-refractivity contribution >= 4 is 11.9 Å². The van der Waals surface area contributed by atoms with Gasteiger partial charge in [-0.05, 0) is 38.0 Å². The van der Waals surface area contributed by atoms with Crippen LogP contribution in [0.25, 0.3) is 0 Å². The number of nitrogens with zero attached hydrogens (tertiary/aromatic N) is 1. The van der Waals surface area contributed by atoms with E-state index in [1.54, 1.807) is 4.90 Å². The van der Waals surface area contributed by atoms with Crippen LogP contribution in [0.4, 0.5) is 0 Å². The number of nitrogens with one attached hydrogen (secondary N) is 1. The summed E-state index contributed by atoms with van der Waals surface area (Å²) in [5.41, 5.74) is 0. The molecule has 5 nitrogen and oxygen atoms in total. The maximum Gasteiger partial charge on any atom is 0.326 e. The van der Waals surface area contributed by atoms with Gasteiger partial charge in [0.2, 0.25) is 5.91 Å². The Labute approximate surface area is 113 Å². The van der Waals surface area contributed by atoms with Crippen molar-refractivity contribution in [3.05, 3.63) is 0 Å². The predicted molar refractivity (Wildman–Crippen MR) is 69.6 cm³/mol. The summed E-state index contributed by atoms with van der Waals surface area (Å²) >= 11 is 0. The first kappa shape index (κ1) is 12.9. The molecule has 3 heterocycles. The molecule has 5 unspecified atom stereocenters. The van der Waals surface area contributed by atoms with Crippen molar-refractivity contribution in [2.75, 3.05) is 6.54 Å². The van der Waals surface area contributed by atoms with Crippen LogP contribution < -0.4 is 5.32 Å². The highest BCUT2D eigenvalue weighted by Crippen LogP contribution is 2.36. The van der Waals surface area contributed by atoms with Crippen LogP contribution in [0.5, 0.6) is 0 Å². The van der Waals surface area contributed by atoms with Gasteiger partial charge >= 0.3 is 5.97 Å². The lowest BCUT2D eigenvalue weighted by Crippen LogP contribution is -2.53. The van der Waals surface area contributed by atoms with Gasteiger partial charge in [0.05, 0.1) is 5.92 Å². The molecule has 3 fully saturated rings. The standard InChI is InChI=1S/C14H22N2O3/c1-8-4-5-16(12(6-8)14(18)19)13(17)10-7-9-2-3-11(10)15-9/h8-12,15H,2-7H2,1H3,(H,18,19). The molecule has 3 aliphatic heterocycles. The van der Waals surface area contributed by atoms with E-state index in [9.17, 15) is 14.7 Å². The van der Waals surface area contributed by atoms with E-state index in [0.717, 1.165) is 25.7 Å². The van der Waals surface area contributed by atoms with E-state index in [1.807, 2.05) is 0 Å². The minimum absolute atomic E-state index is 0.00834. The molecule has 1 amide bonds. The Bertz CT molecular complexity index is 398. The number of aliphatic carboxylic acids is 1. The summed E-state index contributed by atoms with van der Waals surface area (Å²) in [6.07, 6.45) is 4.62. The van der Waals surface area contributed by atoms with Gasteiger partial charge in [-0.3, -0.25) is 4.79 Å². The summed E-state index contributed by atoms with van der Waals surface area (Å²) in [5.74, 6) is -0.382.